The van der Waals surface area contributed by atoms with Crippen LogP contribution >= 0.6 is 15.9 Å². The molecule has 0 saturated heterocycles. The smallest absolute Gasteiger partial charge is 0.259 e. The SMILES string of the molecule is O=C(Nc1ccccc1)c1ccccc1OCCOc1cccc(Br)c1. The highest BCUT2D eigenvalue weighted by molar-refractivity contribution is 9.10. The molecule has 0 aliphatic rings. The lowest BCUT2D eigenvalue weighted by atomic mass is 10.2. The molecular weight excluding hydrogens is 394 g/mol. The third kappa shape index (κ3) is 5.10. The fourth-order valence-electron chi connectivity index (χ4n) is 2.37. The summed E-state index contributed by atoms with van der Waals surface area (Å²) in [6.45, 7) is 0.716. The van der Waals surface area contributed by atoms with Gasteiger partial charge in [-0.25, -0.2) is 0 Å². The summed E-state index contributed by atoms with van der Waals surface area (Å²) in [6.07, 6.45) is 0. The van der Waals surface area contributed by atoms with Crippen molar-refractivity contribution in [2.75, 3.05) is 18.5 Å². The Balaban J connectivity index is 1.57. The van der Waals surface area contributed by atoms with Crippen molar-refractivity contribution in [3.8, 4) is 11.5 Å². The summed E-state index contributed by atoms with van der Waals surface area (Å²) in [5.41, 5.74) is 1.23. The lowest BCUT2D eigenvalue weighted by Crippen LogP contribution is -2.15. The third-order valence-corrected chi connectivity index (χ3v) is 4.06. The maximum Gasteiger partial charge on any atom is 0.259 e. The first-order valence-corrected chi connectivity index (χ1v) is 8.98. The monoisotopic (exact) mass is 411 g/mol. The molecule has 3 aromatic rings. The second-order valence-electron chi connectivity index (χ2n) is 5.47. The van der Waals surface area contributed by atoms with Crippen LogP contribution in [0.5, 0.6) is 11.5 Å². The van der Waals surface area contributed by atoms with Crippen LogP contribution in [0.1, 0.15) is 10.4 Å². The number of benzene rings is 3. The van der Waals surface area contributed by atoms with Crippen molar-refractivity contribution in [2.24, 2.45) is 0 Å². The number of hydrogen-bond donors (Lipinski definition) is 1. The van der Waals surface area contributed by atoms with Crippen LogP contribution in [-0.4, -0.2) is 19.1 Å². The zero-order chi connectivity index (χ0) is 18.2. The molecule has 0 radical (unpaired) electrons. The van der Waals surface area contributed by atoms with E-state index in [2.05, 4.69) is 21.2 Å². The minimum absolute atomic E-state index is 0.209. The molecule has 5 heteroatoms. The van der Waals surface area contributed by atoms with Gasteiger partial charge in [-0.15, -0.1) is 0 Å². The first kappa shape index (κ1) is 18.0. The van der Waals surface area contributed by atoms with E-state index in [-0.39, 0.29) is 5.91 Å². The molecule has 0 spiro atoms. The van der Waals surface area contributed by atoms with Crippen molar-refractivity contribution in [2.45, 2.75) is 0 Å². The fourth-order valence-corrected chi connectivity index (χ4v) is 2.75. The standard InChI is InChI=1S/C21H18BrNO3/c22-16-7-6-10-18(15-16)25-13-14-26-20-12-5-4-11-19(20)21(24)23-17-8-2-1-3-9-17/h1-12,15H,13-14H2,(H,23,24). The Hall–Kier alpha value is -2.79. The van der Waals surface area contributed by atoms with E-state index in [1.54, 1.807) is 12.1 Å². The van der Waals surface area contributed by atoms with Gasteiger partial charge in [0.1, 0.15) is 24.7 Å². The van der Waals surface area contributed by atoms with Gasteiger partial charge in [0.25, 0.3) is 5.91 Å². The van der Waals surface area contributed by atoms with Crippen LogP contribution in [0, 0.1) is 0 Å². The highest BCUT2D eigenvalue weighted by Gasteiger charge is 2.12. The highest BCUT2D eigenvalue weighted by Crippen LogP contribution is 2.20. The Labute approximate surface area is 160 Å². The van der Waals surface area contributed by atoms with Gasteiger partial charge in [-0.1, -0.05) is 52.3 Å². The third-order valence-electron chi connectivity index (χ3n) is 3.57. The number of ether oxygens (including phenoxy) is 2. The second-order valence-corrected chi connectivity index (χ2v) is 6.39. The summed E-state index contributed by atoms with van der Waals surface area (Å²) < 4.78 is 12.4. The Kier molecular flexibility index (Phi) is 6.28. The Morgan fingerprint density at radius 2 is 1.58 bits per heavy atom. The van der Waals surface area contributed by atoms with E-state index in [9.17, 15) is 4.79 Å². The number of anilines is 1. The van der Waals surface area contributed by atoms with Crippen LogP contribution in [0.15, 0.2) is 83.3 Å². The van der Waals surface area contributed by atoms with Crippen molar-refractivity contribution < 1.29 is 14.3 Å². The Morgan fingerprint density at radius 3 is 2.38 bits per heavy atom. The zero-order valence-electron chi connectivity index (χ0n) is 14.0. The second kappa shape index (κ2) is 9.06. The average molecular weight is 412 g/mol. The van der Waals surface area contributed by atoms with Gasteiger partial charge in [-0.05, 0) is 42.5 Å². The molecule has 0 fully saturated rings. The minimum Gasteiger partial charge on any atom is -0.490 e. The Bertz CT molecular complexity index is 868. The van der Waals surface area contributed by atoms with Crippen LogP contribution < -0.4 is 14.8 Å². The molecule has 0 bridgehead atoms. The Morgan fingerprint density at radius 1 is 0.846 bits per heavy atom. The van der Waals surface area contributed by atoms with E-state index in [0.717, 1.165) is 15.9 Å². The van der Waals surface area contributed by atoms with E-state index in [0.29, 0.717) is 24.5 Å². The molecule has 4 nitrogen and oxygen atoms in total. The number of hydrogen-bond acceptors (Lipinski definition) is 3. The fraction of sp³-hybridized carbons (Fsp3) is 0.0952. The zero-order valence-corrected chi connectivity index (χ0v) is 15.6. The van der Waals surface area contributed by atoms with Gasteiger partial charge in [-0.3, -0.25) is 4.79 Å². The molecule has 0 atom stereocenters. The molecule has 1 amide bonds. The number of rotatable bonds is 7. The summed E-state index contributed by atoms with van der Waals surface area (Å²) in [6, 6.07) is 24.1. The maximum absolute atomic E-state index is 12.5. The van der Waals surface area contributed by atoms with Gasteiger partial charge in [0.15, 0.2) is 0 Å². The molecule has 132 valence electrons. The lowest BCUT2D eigenvalue weighted by Gasteiger charge is -2.12. The van der Waals surface area contributed by atoms with Crippen LogP contribution in [0.2, 0.25) is 0 Å². The molecule has 0 aliphatic carbocycles. The molecule has 0 aromatic heterocycles. The van der Waals surface area contributed by atoms with Gasteiger partial charge >= 0.3 is 0 Å². The number of para-hydroxylation sites is 2. The summed E-state index contributed by atoms with van der Waals surface area (Å²) in [4.78, 5) is 12.5. The van der Waals surface area contributed by atoms with Gasteiger partial charge in [0.2, 0.25) is 0 Å². The predicted octanol–water partition coefficient (Wildman–Crippen LogP) is 5.16. The molecule has 0 unspecified atom stereocenters. The normalized spacial score (nSPS) is 10.2. The average Bonchev–Trinajstić information content (AvgIpc) is 2.66. The van der Waals surface area contributed by atoms with E-state index < -0.39 is 0 Å². The van der Waals surface area contributed by atoms with Crippen molar-refractivity contribution in [1.82, 2.24) is 0 Å². The van der Waals surface area contributed by atoms with Crippen LogP contribution in [0.4, 0.5) is 5.69 Å². The van der Waals surface area contributed by atoms with E-state index in [4.69, 9.17) is 9.47 Å². The maximum atomic E-state index is 12.5. The van der Waals surface area contributed by atoms with E-state index in [1.807, 2.05) is 66.7 Å². The number of carbonyl (C=O) groups excluding carboxylic acids is 1. The summed E-state index contributed by atoms with van der Waals surface area (Å²) in [5.74, 6) is 1.08. The van der Waals surface area contributed by atoms with Crippen LogP contribution in [0.25, 0.3) is 0 Å². The van der Waals surface area contributed by atoms with Crippen molar-refractivity contribution in [3.05, 3.63) is 88.9 Å². The molecular formula is C21H18BrNO3. The molecule has 3 rings (SSSR count). The molecule has 0 heterocycles. The molecule has 1 N–H and O–H groups in total. The largest absolute Gasteiger partial charge is 0.490 e. The summed E-state index contributed by atoms with van der Waals surface area (Å²) in [7, 11) is 0. The first-order valence-electron chi connectivity index (χ1n) is 8.19. The highest BCUT2D eigenvalue weighted by atomic mass is 79.9. The number of amides is 1. The molecule has 26 heavy (non-hydrogen) atoms. The van der Waals surface area contributed by atoms with Gasteiger partial charge in [0, 0.05) is 10.2 Å². The number of halogens is 1. The molecule has 3 aromatic carbocycles. The van der Waals surface area contributed by atoms with Gasteiger partial charge in [-0.2, -0.15) is 0 Å². The van der Waals surface area contributed by atoms with Crippen molar-refractivity contribution in [1.29, 1.82) is 0 Å². The van der Waals surface area contributed by atoms with Crippen molar-refractivity contribution in [3.63, 3.8) is 0 Å². The van der Waals surface area contributed by atoms with Crippen molar-refractivity contribution >= 4 is 27.5 Å². The summed E-state index contributed by atoms with van der Waals surface area (Å²) >= 11 is 3.40. The first-order chi connectivity index (χ1) is 12.7. The molecule has 0 saturated carbocycles. The van der Waals surface area contributed by atoms with Crippen LogP contribution in [-0.2, 0) is 0 Å². The number of nitrogens with one attached hydrogen (secondary N) is 1. The summed E-state index contributed by atoms with van der Waals surface area (Å²) in [5, 5.41) is 2.87. The van der Waals surface area contributed by atoms with E-state index >= 15 is 0 Å². The lowest BCUT2D eigenvalue weighted by molar-refractivity contribution is 0.102. The van der Waals surface area contributed by atoms with Crippen LogP contribution in [0.3, 0.4) is 0 Å². The quantitative estimate of drug-likeness (QED) is 0.546. The van der Waals surface area contributed by atoms with E-state index in [1.165, 1.54) is 0 Å². The van der Waals surface area contributed by atoms with Gasteiger partial charge < -0.3 is 14.8 Å². The predicted molar refractivity (Wildman–Crippen MR) is 106 cm³/mol. The minimum atomic E-state index is -0.209. The van der Waals surface area contributed by atoms with Gasteiger partial charge in [0.05, 0.1) is 5.56 Å². The topological polar surface area (TPSA) is 47.6 Å². The molecule has 0 aliphatic heterocycles. The number of carbonyl (C=O) groups is 1.